The average Bonchev–Trinajstić information content (AvgIpc) is 2.46. The van der Waals surface area contributed by atoms with Gasteiger partial charge in [0, 0.05) is 12.1 Å². The van der Waals surface area contributed by atoms with Crippen LogP contribution in [0.25, 0.3) is 0 Å². The lowest BCUT2D eigenvalue weighted by Crippen LogP contribution is -1.94. The predicted octanol–water partition coefficient (Wildman–Crippen LogP) is 2.86. The van der Waals surface area contributed by atoms with Crippen molar-refractivity contribution in [3.05, 3.63) is 58.3 Å². The Bertz CT molecular complexity index is 586. The number of nitro groups is 1. The molecular formula is C13H12N2O5. The van der Waals surface area contributed by atoms with E-state index in [1.165, 1.54) is 19.2 Å². The first kappa shape index (κ1) is 13.9. The third-order valence-corrected chi connectivity index (χ3v) is 2.40. The van der Waals surface area contributed by atoms with E-state index in [1.807, 2.05) is 6.07 Å². The molecule has 0 aliphatic heterocycles. The third-order valence-electron chi connectivity index (χ3n) is 2.40. The largest absolute Gasteiger partial charge is 0.439 e. The van der Waals surface area contributed by atoms with Crippen LogP contribution < -0.4 is 4.74 Å². The fraction of sp³-hybridized carbons (Fsp3) is 0.154. The van der Waals surface area contributed by atoms with Gasteiger partial charge in [-0.05, 0) is 17.7 Å². The average molecular weight is 276 g/mol. The zero-order valence-corrected chi connectivity index (χ0v) is 10.7. The number of rotatable bonds is 6. The van der Waals surface area contributed by atoms with Crippen LogP contribution in [0, 0.1) is 10.1 Å². The van der Waals surface area contributed by atoms with Gasteiger partial charge in [0.05, 0.1) is 12.0 Å². The number of nitrogens with zero attached hydrogens (tertiary/aromatic N) is 2. The third kappa shape index (κ3) is 3.74. The molecule has 2 aromatic rings. The Labute approximate surface area is 114 Å². The van der Waals surface area contributed by atoms with Crippen LogP contribution in [0.4, 0.5) is 5.69 Å². The normalized spacial score (nSPS) is 10.2. The van der Waals surface area contributed by atoms with Gasteiger partial charge in [0.25, 0.3) is 5.69 Å². The molecule has 0 aliphatic carbocycles. The molecule has 1 heterocycles. The summed E-state index contributed by atoms with van der Waals surface area (Å²) in [7, 11) is 1.43. The zero-order chi connectivity index (χ0) is 14.4. The molecule has 0 amide bonds. The first-order valence-corrected chi connectivity index (χ1v) is 5.72. The number of benzene rings is 1. The topological polar surface area (TPSA) is 83.7 Å². The van der Waals surface area contributed by atoms with E-state index in [0.717, 1.165) is 11.8 Å². The van der Waals surface area contributed by atoms with Gasteiger partial charge in [-0.3, -0.25) is 10.1 Å². The Morgan fingerprint density at radius 2 is 2.15 bits per heavy atom. The molecule has 1 aromatic carbocycles. The van der Waals surface area contributed by atoms with Gasteiger partial charge in [-0.15, -0.1) is 0 Å². The van der Waals surface area contributed by atoms with E-state index in [9.17, 15) is 10.1 Å². The van der Waals surface area contributed by atoms with E-state index < -0.39 is 4.92 Å². The van der Waals surface area contributed by atoms with Crippen molar-refractivity contribution >= 4 is 5.69 Å². The second kappa shape index (κ2) is 6.60. The summed E-state index contributed by atoms with van der Waals surface area (Å²) in [5.74, 6) is 0.837. The van der Waals surface area contributed by atoms with Crippen LogP contribution >= 0.6 is 0 Å². The summed E-state index contributed by atoms with van der Waals surface area (Å²) in [5, 5.41) is 10.5. The summed E-state index contributed by atoms with van der Waals surface area (Å²) in [6, 6.07) is 9.95. The van der Waals surface area contributed by atoms with Crippen LogP contribution in [-0.4, -0.2) is 17.0 Å². The molecule has 0 aliphatic rings. The quantitative estimate of drug-likeness (QED) is 0.458. The first-order valence-electron chi connectivity index (χ1n) is 5.72. The number of ether oxygens (including phenoxy) is 1. The van der Waals surface area contributed by atoms with Gasteiger partial charge >= 0.3 is 0 Å². The highest BCUT2D eigenvalue weighted by Gasteiger charge is 2.06. The van der Waals surface area contributed by atoms with Gasteiger partial charge in [0.15, 0.2) is 0 Å². The van der Waals surface area contributed by atoms with Crippen molar-refractivity contribution in [1.29, 1.82) is 0 Å². The summed E-state index contributed by atoms with van der Waals surface area (Å²) in [6.45, 7) is 0.293. The molecule has 0 bridgehead atoms. The van der Waals surface area contributed by atoms with Crippen molar-refractivity contribution < 1.29 is 19.4 Å². The summed E-state index contributed by atoms with van der Waals surface area (Å²) in [6.07, 6.45) is 1.15. The molecule has 2 rings (SSSR count). The molecule has 0 N–H and O–H groups in total. The molecule has 7 heteroatoms. The summed E-state index contributed by atoms with van der Waals surface area (Å²) >= 11 is 0. The minimum atomic E-state index is -0.514. The van der Waals surface area contributed by atoms with E-state index >= 15 is 0 Å². The SMILES string of the molecule is COOCc1cccc(Oc2ccc([N+](=O)[O-])cn2)c1. The van der Waals surface area contributed by atoms with Crippen molar-refractivity contribution in [1.82, 2.24) is 4.98 Å². The highest BCUT2D eigenvalue weighted by Crippen LogP contribution is 2.22. The molecule has 0 radical (unpaired) electrons. The van der Waals surface area contributed by atoms with Crippen molar-refractivity contribution in [3.63, 3.8) is 0 Å². The summed E-state index contributed by atoms with van der Waals surface area (Å²) in [5.41, 5.74) is 0.783. The second-order valence-electron chi connectivity index (χ2n) is 3.79. The van der Waals surface area contributed by atoms with Gasteiger partial charge in [0.2, 0.25) is 5.88 Å². The standard InChI is InChI=1S/C13H12N2O5/c1-18-19-9-10-3-2-4-12(7-10)20-13-6-5-11(8-14-13)15(16)17/h2-8H,9H2,1H3. The van der Waals surface area contributed by atoms with Gasteiger partial charge in [-0.25, -0.2) is 14.8 Å². The zero-order valence-electron chi connectivity index (χ0n) is 10.7. The molecule has 0 atom stereocenters. The Morgan fingerprint density at radius 1 is 1.30 bits per heavy atom. The Hall–Kier alpha value is -2.51. The van der Waals surface area contributed by atoms with E-state index in [2.05, 4.69) is 9.87 Å². The van der Waals surface area contributed by atoms with E-state index in [1.54, 1.807) is 18.2 Å². The monoisotopic (exact) mass is 276 g/mol. The molecule has 20 heavy (non-hydrogen) atoms. The Balaban J connectivity index is 2.07. The maximum absolute atomic E-state index is 10.5. The smallest absolute Gasteiger partial charge is 0.287 e. The maximum Gasteiger partial charge on any atom is 0.287 e. The molecule has 0 fully saturated rings. The molecule has 7 nitrogen and oxygen atoms in total. The van der Waals surface area contributed by atoms with Crippen molar-refractivity contribution in [3.8, 4) is 11.6 Å². The molecule has 104 valence electrons. The van der Waals surface area contributed by atoms with Crippen LogP contribution in [0.5, 0.6) is 11.6 Å². The van der Waals surface area contributed by atoms with Crippen molar-refractivity contribution in [2.75, 3.05) is 7.11 Å². The molecular weight excluding hydrogens is 264 g/mol. The van der Waals surface area contributed by atoms with Gasteiger partial charge in [-0.2, -0.15) is 0 Å². The maximum atomic E-state index is 10.5. The highest BCUT2D eigenvalue weighted by molar-refractivity contribution is 5.34. The van der Waals surface area contributed by atoms with Gasteiger partial charge in [-0.1, -0.05) is 12.1 Å². The number of aromatic nitrogens is 1. The lowest BCUT2D eigenvalue weighted by atomic mass is 10.2. The minimum Gasteiger partial charge on any atom is -0.439 e. The number of hydrogen-bond donors (Lipinski definition) is 0. The van der Waals surface area contributed by atoms with E-state index in [0.29, 0.717) is 12.4 Å². The second-order valence-corrected chi connectivity index (χ2v) is 3.79. The molecule has 0 saturated carbocycles. The van der Waals surface area contributed by atoms with Gasteiger partial charge in [0.1, 0.15) is 18.6 Å². The highest BCUT2D eigenvalue weighted by atomic mass is 17.2. The van der Waals surface area contributed by atoms with Crippen molar-refractivity contribution in [2.45, 2.75) is 6.61 Å². The lowest BCUT2D eigenvalue weighted by Gasteiger charge is -2.06. The fourth-order valence-electron chi connectivity index (χ4n) is 1.49. The minimum absolute atomic E-state index is 0.0837. The molecule has 1 aromatic heterocycles. The molecule has 0 spiro atoms. The van der Waals surface area contributed by atoms with Crippen LogP contribution in [0.15, 0.2) is 42.6 Å². The van der Waals surface area contributed by atoms with E-state index in [-0.39, 0.29) is 11.6 Å². The van der Waals surface area contributed by atoms with Crippen LogP contribution in [-0.2, 0) is 16.4 Å². The number of hydrogen-bond acceptors (Lipinski definition) is 6. The van der Waals surface area contributed by atoms with Crippen LogP contribution in [0.2, 0.25) is 0 Å². The Kier molecular flexibility index (Phi) is 4.59. The number of pyridine rings is 1. The van der Waals surface area contributed by atoms with Crippen LogP contribution in [0.1, 0.15) is 5.56 Å². The molecule has 0 saturated heterocycles. The summed E-state index contributed by atoms with van der Waals surface area (Å²) in [4.78, 5) is 23.2. The first-order chi connectivity index (χ1) is 9.69. The van der Waals surface area contributed by atoms with Crippen molar-refractivity contribution in [2.24, 2.45) is 0 Å². The predicted molar refractivity (Wildman–Crippen MR) is 69.2 cm³/mol. The van der Waals surface area contributed by atoms with Crippen LogP contribution in [0.3, 0.4) is 0 Å². The lowest BCUT2D eigenvalue weighted by molar-refractivity contribution is -0.385. The van der Waals surface area contributed by atoms with E-state index in [4.69, 9.17) is 9.62 Å². The fourth-order valence-corrected chi connectivity index (χ4v) is 1.49. The summed E-state index contributed by atoms with van der Waals surface area (Å²) < 4.78 is 5.50. The Morgan fingerprint density at radius 3 is 2.80 bits per heavy atom. The molecule has 0 unspecified atom stereocenters. The van der Waals surface area contributed by atoms with Gasteiger partial charge < -0.3 is 4.74 Å².